The van der Waals surface area contributed by atoms with Crippen molar-refractivity contribution in [2.24, 2.45) is 0 Å². The monoisotopic (exact) mass is 409 g/mol. The Morgan fingerprint density at radius 3 is 2.07 bits per heavy atom. The third kappa shape index (κ3) is 6.99. The van der Waals surface area contributed by atoms with Gasteiger partial charge in [0.25, 0.3) is 5.91 Å². The van der Waals surface area contributed by atoms with Crippen LogP contribution in [0, 0.1) is 0 Å². The molecule has 1 atom stereocenters. The highest BCUT2D eigenvalue weighted by Gasteiger charge is 2.23. The highest BCUT2D eigenvalue weighted by molar-refractivity contribution is 5.97. The maximum Gasteiger partial charge on any atom is 0.251 e. The van der Waals surface area contributed by atoms with E-state index in [-0.39, 0.29) is 17.2 Å². The van der Waals surface area contributed by atoms with Crippen LogP contribution in [0.15, 0.2) is 54.6 Å². The van der Waals surface area contributed by atoms with E-state index < -0.39 is 6.04 Å². The SMILES string of the molecule is CC(NC(=O)c1ccc(C(C)(C)C)cc1)C(=O)N(CCN(C)C)Cc1ccccc1. The van der Waals surface area contributed by atoms with Crippen LogP contribution in [0.5, 0.6) is 0 Å². The molecule has 2 rings (SSSR count). The van der Waals surface area contributed by atoms with Gasteiger partial charge in [-0.05, 0) is 49.7 Å². The van der Waals surface area contributed by atoms with Gasteiger partial charge in [-0.1, -0.05) is 63.2 Å². The van der Waals surface area contributed by atoms with Crippen molar-refractivity contribution < 1.29 is 9.59 Å². The van der Waals surface area contributed by atoms with E-state index in [2.05, 4.69) is 26.1 Å². The number of hydrogen-bond acceptors (Lipinski definition) is 3. The van der Waals surface area contributed by atoms with Crippen molar-refractivity contribution in [1.29, 1.82) is 0 Å². The zero-order valence-electron chi connectivity index (χ0n) is 19.1. The molecule has 1 unspecified atom stereocenters. The smallest absolute Gasteiger partial charge is 0.251 e. The number of carbonyl (C=O) groups excluding carboxylic acids is 2. The van der Waals surface area contributed by atoms with Gasteiger partial charge in [-0.25, -0.2) is 0 Å². The predicted octanol–water partition coefficient (Wildman–Crippen LogP) is 3.69. The number of amides is 2. The number of nitrogens with zero attached hydrogens (tertiary/aromatic N) is 2. The Morgan fingerprint density at radius 2 is 1.53 bits per heavy atom. The minimum Gasteiger partial charge on any atom is -0.341 e. The van der Waals surface area contributed by atoms with Gasteiger partial charge in [0, 0.05) is 25.2 Å². The normalized spacial score (nSPS) is 12.5. The summed E-state index contributed by atoms with van der Waals surface area (Å²) >= 11 is 0. The standard InChI is InChI=1S/C25H35N3O2/c1-19(26-23(29)21-12-14-22(15-13-21)25(2,3)4)24(30)28(17-16-27(5)6)18-20-10-8-7-9-11-20/h7-15,19H,16-18H2,1-6H3,(H,26,29). The maximum atomic E-state index is 13.1. The summed E-state index contributed by atoms with van der Waals surface area (Å²) in [6.45, 7) is 10.0. The average Bonchev–Trinajstić information content (AvgIpc) is 2.70. The summed E-state index contributed by atoms with van der Waals surface area (Å²) in [6.07, 6.45) is 0. The van der Waals surface area contributed by atoms with Crippen LogP contribution >= 0.6 is 0 Å². The van der Waals surface area contributed by atoms with E-state index in [1.54, 1.807) is 6.92 Å². The molecule has 5 nitrogen and oxygen atoms in total. The molecule has 162 valence electrons. The summed E-state index contributed by atoms with van der Waals surface area (Å²) in [5.74, 6) is -0.316. The average molecular weight is 410 g/mol. The molecule has 0 heterocycles. The van der Waals surface area contributed by atoms with Crippen molar-refractivity contribution in [2.45, 2.75) is 45.7 Å². The van der Waals surface area contributed by atoms with Crippen LogP contribution in [0.3, 0.4) is 0 Å². The molecule has 0 bridgehead atoms. The summed E-state index contributed by atoms with van der Waals surface area (Å²) in [7, 11) is 3.97. The van der Waals surface area contributed by atoms with Gasteiger partial charge >= 0.3 is 0 Å². The van der Waals surface area contributed by atoms with Crippen LogP contribution in [0.4, 0.5) is 0 Å². The van der Waals surface area contributed by atoms with Crippen molar-refractivity contribution in [3.63, 3.8) is 0 Å². The fraction of sp³-hybridized carbons (Fsp3) is 0.440. The molecule has 0 fully saturated rings. The van der Waals surface area contributed by atoms with Gasteiger partial charge in [-0.15, -0.1) is 0 Å². The van der Waals surface area contributed by atoms with Crippen LogP contribution in [0.2, 0.25) is 0 Å². The van der Waals surface area contributed by atoms with Crippen molar-refractivity contribution in [3.8, 4) is 0 Å². The molecule has 0 aliphatic heterocycles. The first-order valence-electron chi connectivity index (χ1n) is 10.5. The molecule has 0 saturated carbocycles. The van der Waals surface area contributed by atoms with E-state index in [9.17, 15) is 9.59 Å². The van der Waals surface area contributed by atoms with Gasteiger partial charge in [-0.3, -0.25) is 9.59 Å². The maximum absolute atomic E-state index is 13.1. The summed E-state index contributed by atoms with van der Waals surface area (Å²) in [4.78, 5) is 29.6. The van der Waals surface area contributed by atoms with E-state index in [1.165, 1.54) is 5.56 Å². The van der Waals surface area contributed by atoms with Crippen LogP contribution in [0.1, 0.15) is 49.2 Å². The highest BCUT2D eigenvalue weighted by atomic mass is 16.2. The summed E-state index contributed by atoms with van der Waals surface area (Å²) < 4.78 is 0. The number of benzene rings is 2. The van der Waals surface area contributed by atoms with Crippen molar-refractivity contribution in [2.75, 3.05) is 27.2 Å². The predicted molar refractivity (Wildman–Crippen MR) is 122 cm³/mol. The van der Waals surface area contributed by atoms with Crippen LogP contribution < -0.4 is 5.32 Å². The summed E-state index contributed by atoms with van der Waals surface area (Å²) in [5.41, 5.74) is 2.83. The van der Waals surface area contributed by atoms with Crippen LogP contribution in [-0.4, -0.2) is 54.8 Å². The minimum atomic E-state index is -0.606. The van der Waals surface area contributed by atoms with Crippen molar-refractivity contribution in [3.05, 3.63) is 71.3 Å². The molecule has 30 heavy (non-hydrogen) atoms. The number of hydrogen-bond donors (Lipinski definition) is 1. The zero-order valence-corrected chi connectivity index (χ0v) is 19.1. The summed E-state index contributed by atoms with van der Waals surface area (Å²) in [6, 6.07) is 16.9. The second-order valence-electron chi connectivity index (χ2n) is 9.07. The Hall–Kier alpha value is -2.66. The van der Waals surface area contributed by atoms with E-state index in [0.29, 0.717) is 18.7 Å². The van der Waals surface area contributed by atoms with Crippen molar-refractivity contribution in [1.82, 2.24) is 15.1 Å². The fourth-order valence-electron chi connectivity index (χ4n) is 3.13. The minimum absolute atomic E-state index is 0.0304. The highest BCUT2D eigenvalue weighted by Crippen LogP contribution is 2.22. The lowest BCUT2D eigenvalue weighted by Crippen LogP contribution is -2.48. The molecule has 2 aromatic carbocycles. The molecule has 1 N–H and O–H groups in total. The molecule has 0 spiro atoms. The third-order valence-corrected chi connectivity index (χ3v) is 5.08. The molecule has 0 aliphatic rings. The first-order chi connectivity index (χ1) is 14.1. The molecule has 5 heteroatoms. The number of carbonyl (C=O) groups is 2. The molecule has 0 aliphatic carbocycles. The quantitative estimate of drug-likeness (QED) is 0.723. The molecular formula is C25H35N3O2. The second kappa shape index (κ2) is 10.4. The first kappa shape index (κ1) is 23.6. The van der Waals surface area contributed by atoms with Gasteiger partial charge in [0.15, 0.2) is 0 Å². The van der Waals surface area contributed by atoms with Gasteiger partial charge in [0.1, 0.15) is 6.04 Å². The lowest BCUT2D eigenvalue weighted by molar-refractivity contribution is -0.133. The third-order valence-electron chi connectivity index (χ3n) is 5.08. The second-order valence-corrected chi connectivity index (χ2v) is 9.07. The molecule has 0 radical (unpaired) electrons. The van der Waals surface area contributed by atoms with E-state index in [1.807, 2.05) is 78.5 Å². The van der Waals surface area contributed by atoms with E-state index in [4.69, 9.17) is 0 Å². The molecule has 2 aromatic rings. The van der Waals surface area contributed by atoms with Crippen molar-refractivity contribution >= 4 is 11.8 Å². The van der Waals surface area contributed by atoms with Gasteiger partial charge in [0.2, 0.25) is 5.91 Å². The largest absolute Gasteiger partial charge is 0.341 e. The topological polar surface area (TPSA) is 52.7 Å². The Morgan fingerprint density at radius 1 is 0.933 bits per heavy atom. The molecule has 0 aromatic heterocycles. The lowest BCUT2D eigenvalue weighted by atomic mass is 9.86. The Labute approximate surface area is 181 Å². The van der Waals surface area contributed by atoms with Crippen LogP contribution in [-0.2, 0) is 16.8 Å². The van der Waals surface area contributed by atoms with E-state index in [0.717, 1.165) is 12.1 Å². The number of likely N-dealkylation sites (N-methyl/N-ethyl adjacent to an activating group) is 1. The fourth-order valence-corrected chi connectivity index (χ4v) is 3.13. The van der Waals surface area contributed by atoms with Gasteiger partial charge in [0.05, 0.1) is 0 Å². The summed E-state index contributed by atoms with van der Waals surface area (Å²) in [5, 5.41) is 2.86. The Bertz CT molecular complexity index is 824. The number of rotatable bonds is 8. The Balaban J connectivity index is 2.06. The first-order valence-corrected chi connectivity index (χ1v) is 10.5. The van der Waals surface area contributed by atoms with E-state index >= 15 is 0 Å². The number of nitrogens with one attached hydrogen (secondary N) is 1. The molecule has 2 amide bonds. The molecular weight excluding hydrogens is 374 g/mol. The van der Waals surface area contributed by atoms with Crippen LogP contribution in [0.25, 0.3) is 0 Å². The Kier molecular flexibility index (Phi) is 8.18. The molecule has 0 saturated heterocycles. The van der Waals surface area contributed by atoms with Gasteiger partial charge in [-0.2, -0.15) is 0 Å². The zero-order chi connectivity index (χ0) is 22.3. The van der Waals surface area contributed by atoms with Gasteiger partial charge < -0.3 is 15.1 Å². The lowest BCUT2D eigenvalue weighted by Gasteiger charge is -2.27.